The van der Waals surface area contributed by atoms with Crippen molar-refractivity contribution in [2.45, 2.75) is 32.2 Å². The highest BCUT2D eigenvalue weighted by molar-refractivity contribution is 5.88. The largest absolute Gasteiger partial charge is 0.480 e. The van der Waals surface area contributed by atoms with Crippen LogP contribution in [-0.2, 0) is 11.3 Å². The van der Waals surface area contributed by atoms with Crippen LogP contribution in [0.3, 0.4) is 0 Å². The quantitative estimate of drug-likeness (QED) is 0.648. The van der Waals surface area contributed by atoms with Crippen LogP contribution < -0.4 is 10.6 Å². The van der Waals surface area contributed by atoms with Crippen LogP contribution in [0, 0.1) is 5.92 Å². The molecule has 0 atom stereocenters. The number of anilines is 1. The number of nitrogens with zero attached hydrogens (tertiary/aromatic N) is 2. The molecule has 2 amide bonds. The topological polar surface area (TPSA) is 96.2 Å². The van der Waals surface area contributed by atoms with Crippen molar-refractivity contribution in [2.75, 3.05) is 11.9 Å². The van der Waals surface area contributed by atoms with Gasteiger partial charge in [0.1, 0.15) is 6.54 Å². The number of nitrogens with one attached hydrogen (secondary N) is 2. The summed E-state index contributed by atoms with van der Waals surface area (Å²) in [5.41, 5.74) is 0.487. The summed E-state index contributed by atoms with van der Waals surface area (Å²) >= 11 is 0. The number of carboxylic acids is 1. The molecule has 1 aliphatic carbocycles. The van der Waals surface area contributed by atoms with E-state index in [0.717, 1.165) is 12.3 Å². The summed E-state index contributed by atoms with van der Waals surface area (Å²) in [5.74, 6) is -0.0988. The number of aliphatic carboxylic acids is 1. The molecule has 0 radical (unpaired) electrons. The molecule has 0 aromatic carbocycles. The lowest BCUT2D eigenvalue weighted by atomic mass is 10.2. The molecule has 0 unspecified atom stereocenters. The van der Waals surface area contributed by atoms with E-state index in [2.05, 4.69) is 15.7 Å². The SMILES string of the molecule is O=C(O)Cn1cc(NC(=O)NCCCC2CC2)cn1. The zero-order chi connectivity index (χ0) is 13.7. The van der Waals surface area contributed by atoms with Crippen LogP contribution >= 0.6 is 0 Å². The van der Waals surface area contributed by atoms with Gasteiger partial charge in [-0.3, -0.25) is 9.48 Å². The van der Waals surface area contributed by atoms with Crippen molar-refractivity contribution in [1.82, 2.24) is 15.1 Å². The molecule has 0 aliphatic heterocycles. The first-order valence-electron chi connectivity index (χ1n) is 6.42. The van der Waals surface area contributed by atoms with Crippen molar-refractivity contribution in [3.63, 3.8) is 0 Å². The molecule has 1 aromatic heterocycles. The van der Waals surface area contributed by atoms with E-state index in [1.807, 2.05) is 0 Å². The summed E-state index contributed by atoms with van der Waals surface area (Å²) < 4.78 is 1.26. The fourth-order valence-electron chi connectivity index (χ4n) is 1.83. The van der Waals surface area contributed by atoms with Crippen molar-refractivity contribution < 1.29 is 14.7 Å². The van der Waals surface area contributed by atoms with Crippen molar-refractivity contribution in [3.05, 3.63) is 12.4 Å². The highest BCUT2D eigenvalue weighted by Crippen LogP contribution is 2.33. The van der Waals surface area contributed by atoms with Gasteiger partial charge >= 0.3 is 12.0 Å². The lowest BCUT2D eigenvalue weighted by molar-refractivity contribution is -0.137. The summed E-state index contributed by atoms with van der Waals surface area (Å²) in [7, 11) is 0. The number of hydrogen-bond acceptors (Lipinski definition) is 3. The van der Waals surface area contributed by atoms with E-state index in [0.29, 0.717) is 12.2 Å². The van der Waals surface area contributed by atoms with Gasteiger partial charge in [-0.05, 0) is 18.8 Å². The zero-order valence-corrected chi connectivity index (χ0v) is 10.6. The van der Waals surface area contributed by atoms with E-state index < -0.39 is 5.97 Å². The number of carbonyl (C=O) groups is 2. The van der Waals surface area contributed by atoms with Gasteiger partial charge in [0, 0.05) is 12.7 Å². The van der Waals surface area contributed by atoms with Crippen LogP contribution in [0.25, 0.3) is 0 Å². The maximum Gasteiger partial charge on any atom is 0.325 e. The van der Waals surface area contributed by atoms with Gasteiger partial charge in [0.05, 0.1) is 11.9 Å². The Morgan fingerprint density at radius 2 is 2.26 bits per heavy atom. The molecule has 1 heterocycles. The number of carboxylic acid groups (broad SMARTS) is 1. The number of rotatable bonds is 7. The Balaban J connectivity index is 1.65. The summed E-state index contributed by atoms with van der Waals surface area (Å²) in [6.45, 7) is 0.441. The first-order chi connectivity index (χ1) is 9.13. The third-order valence-corrected chi connectivity index (χ3v) is 2.96. The minimum atomic E-state index is -0.973. The summed E-state index contributed by atoms with van der Waals surface area (Å²) in [6.07, 6.45) is 7.74. The van der Waals surface area contributed by atoms with Crippen LogP contribution in [0.5, 0.6) is 0 Å². The standard InChI is InChI=1S/C12H18N4O3/c17-11(18)8-16-7-10(6-14-16)15-12(19)13-5-1-2-9-3-4-9/h6-7,9H,1-5,8H2,(H,17,18)(H2,13,15,19). The fraction of sp³-hybridized carbons (Fsp3) is 0.583. The van der Waals surface area contributed by atoms with Crippen LogP contribution in [0.2, 0.25) is 0 Å². The third kappa shape index (κ3) is 4.99. The number of amides is 2. The van der Waals surface area contributed by atoms with E-state index in [1.54, 1.807) is 0 Å². The molecule has 104 valence electrons. The van der Waals surface area contributed by atoms with Gasteiger partial charge < -0.3 is 15.7 Å². The summed E-state index contributed by atoms with van der Waals surface area (Å²) in [6, 6.07) is -0.286. The van der Waals surface area contributed by atoms with Crippen molar-refractivity contribution in [1.29, 1.82) is 0 Å². The molecule has 2 rings (SSSR count). The van der Waals surface area contributed by atoms with E-state index in [9.17, 15) is 9.59 Å². The molecule has 0 spiro atoms. The second-order valence-electron chi connectivity index (χ2n) is 4.79. The Kier molecular flexibility index (Phi) is 4.38. The van der Waals surface area contributed by atoms with Crippen LogP contribution in [0.15, 0.2) is 12.4 Å². The van der Waals surface area contributed by atoms with Crippen molar-refractivity contribution in [2.24, 2.45) is 5.92 Å². The fourth-order valence-corrected chi connectivity index (χ4v) is 1.83. The average molecular weight is 266 g/mol. The molecule has 0 saturated heterocycles. The Bertz CT molecular complexity index is 454. The van der Waals surface area contributed by atoms with Gasteiger partial charge in [-0.2, -0.15) is 5.10 Å². The second kappa shape index (κ2) is 6.21. The van der Waals surface area contributed by atoms with E-state index >= 15 is 0 Å². The van der Waals surface area contributed by atoms with Gasteiger partial charge in [0.25, 0.3) is 0 Å². The first-order valence-corrected chi connectivity index (χ1v) is 6.42. The van der Waals surface area contributed by atoms with Crippen LogP contribution in [-0.4, -0.2) is 33.4 Å². The molecule has 1 aliphatic rings. The molecular weight excluding hydrogens is 248 g/mol. The normalized spacial score (nSPS) is 14.1. The third-order valence-electron chi connectivity index (χ3n) is 2.96. The maximum absolute atomic E-state index is 11.5. The van der Waals surface area contributed by atoms with E-state index in [-0.39, 0.29) is 12.6 Å². The molecule has 0 bridgehead atoms. The zero-order valence-electron chi connectivity index (χ0n) is 10.6. The maximum atomic E-state index is 11.5. The second-order valence-corrected chi connectivity index (χ2v) is 4.79. The van der Waals surface area contributed by atoms with Crippen molar-refractivity contribution in [3.8, 4) is 0 Å². The number of carbonyl (C=O) groups excluding carboxylic acids is 1. The highest BCUT2D eigenvalue weighted by atomic mass is 16.4. The van der Waals surface area contributed by atoms with E-state index in [4.69, 9.17) is 5.11 Å². The number of urea groups is 1. The molecule has 7 nitrogen and oxygen atoms in total. The monoisotopic (exact) mass is 266 g/mol. The summed E-state index contributed by atoms with van der Waals surface area (Å²) in [5, 5.41) is 17.8. The number of hydrogen-bond donors (Lipinski definition) is 3. The molecule has 7 heteroatoms. The molecule has 1 saturated carbocycles. The van der Waals surface area contributed by atoms with Gasteiger partial charge in [-0.25, -0.2) is 4.79 Å². The first kappa shape index (κ1) is 13.4. The molecule has 19 heavy (non-hydrogen) atoms. The van der Waals surface area contributed by atoms with Gasteiger partial charge in [0.15, 0.2) is 0 Å². The lowest BCUT2D eigenvalue weighted by Gasteiger charge is -2.05. The molecular formula is C12H18N4O3. The van der Waals surface area contributed by atoms with Crippen LogP contribution in [0.1, 0.15) is 25.7 Å². The van der Waals surface area contributed by atoms with Gasteiger partial charge in [-0.1, -0.05) is 12.8 Å². The average Bonchev–Trinajstić information content (AvgIpc) is 3.06. The molecule has 1 fully saturated rings. The van der Waals surface area contributed by atoms with Crippen LogP contribution in [0.4, 0.5) is 10.5 Å². The Hall–Kier alpha value is -2.05. The van der Waals surface area contributed by atoms with Gasteiger partial charge in [0.2, 0.25) is 0 Å². The Morgan fingerprint density at radius 1 is 1.47 bits per heavy atom. The van der Waals surface area contributed by atoms with E-state index in [1.165, 1.54) is 36.3 Å². The molecule has 1 aromatic rings. The van der Waals surface area contributed by atoms with Gasteiger partial charge in [-0.15, -0.1) is 0 Å². The Labute approximate surface area is 111 Å². The predicted molar refractivity (Wildman–Crippen MR) is 68.8 cm³/mol. The van der Waals surface area contributed by atoms with Crippen molar-refractivity contribution >= 4 is 17.7 Å². The Morgan fingerprint density at radius 3 is 2.95 bits per heavy atom. The molecule has 3 N–H and O–H groups in total. The lowest BCUT2D eigenvalue weighted by Crippen LogP contribution is -2.29. The number of aromatic nitrogens is 2. The highest BCUT2D eigenvalue weighted by Gasteiger charge is 2.20. The minimum Gasteiger partial charge on any atom is -0.480 e. The predicted octanol–water partition coefficient (Wildman–Crippen LogP) is 1.28. The minimum absolute atomic E-state index is 0.218. The smallest absolute Gasteiger partial charge is 0.325 e. The summed E-state index contributed by atoms with van der Waals surface area (Å²) in [4.78, 5) is 22.0.